The summed E-state index contributed by atoms with van der Waals surface area (Å²) in [7, 11) is 1.53. The van der Waals surface area contributed by atoms with Crippen molar-refractivity contribution in [2.45, 2.75) is 11.7 Å². The molecule has 3 rings (SSSR count). The van der Waals surface area contributed by atoms with Crippen molar-refractivity contribution in [3.8, 4) is 0 Å². The third-order valence-electron chi connectivity index (χ3n) is 4.47. The summed E-state index contributed by atoms with van der Waals surface area (Å²) in [5.41, 5.74) is 0.682. The SMILES string of the molecule is C=CCn1c(SCC(=O)N(C)CC(=O)Nc2ccccc2Cl)nc2cc(Cl)ccc2c1=O. The van der Waals surface area contributed by atoms with Crippen LogP contribution in [-0.2, 0) is 16.1 Å². The summed E-state index contributed by atoms with van der Waals surface area (Å²) in [5.74, 6) is -0.679. The second-order valence-electron chi connectivity index (χ2n) is 6.83. The minimum atomic E-state index is -0.374. The summed E-state index contributed by atoms with van der Waals surface area (Å²) in [6.07, 6.45) is 1.59. The average molecular weight is 491 g/mol. The number of para-hydroxylation sites is 1. The summed E-state index contributed by atoms with van der Waals surface area (Å²) in [4.78, 5) is 43.5. The van der Waals surface area contributed by atoms with Crippen LogP contribution >= 0.6 is 35.0 Å². The van der Waals surface area contributed by atoms with Crippen LogP contribution in [0.5, 0.6) is 0 Å². The normalized spacial score (nSPS) is 10.7. The summed E-state index contributed by atoms with van der Waals surface area (Å²) >= 11 is 13.2. The van der Waals surface area contributed by atoms with Gasteiger partial charge in [0.15, 0.2) is 5.16 Å². The van der Waals surface area contributed by atoms with E-state index in [4.69, 9.17) is 23.2 Å². The van der Waals surface area contributed by atoms with Crippen molar-refractivity contribution < 1.29 is 9.59 Å². The number of nitrogens with one attached hydrogen (secondary N) is 1. The van der Waals surface area contributed by atoms with Crippen molar-refractivity contribution in [3.05, 3.63) is 75.5 Å². The fourth-order valence-electron chi connectivity index (χ4n) is 2.87. The van der Waals surface area contributed by atoms with Crippen LogP contribution in [0.1, 0.15) is 0 Å². The summed E-state index contributed by atoms with van der Waals surface area (Å²) in [6.45, 7) is 3.78. The maximum atomic E-state index is 12.8. The number of aromatic nitrogens is 2. The lowest BCUT2D eigenvalue weighted by atomic mass is 10.2. The summed E-state index contributed by atoms with van der Waals surface area (Å²) in [5, 5.41) is 4.34. The molecule has 1 aromatic heterocycles. The van der Waals surface area contributed by atoms with E-state index in [-0.39, 0.29) is 36.2 Å². The molecule has 32 heavy (non-hydrogen) atoms. The predicted octanol–water partition coefficient (Wildman–Crippen LogP) is 4.08. The van der Waals surface area contributed by atoms with E-state index in [1.54, 1.807) is 48.5 Å². The van der Waals surface area contributed by atoms with Gasteiger partial charge < -0.3 is 10.2 Å². The highest BCUT2D eigenvalue weighted by molar-refractivity contribution is 7.99. The zero-order valence-electron chi connectivity index (χ0n) is 17.2. The Hall–Kier alpha value is -2.81. The van der Waals surface area contributed by atoms with Gasteiger partial charge in [0.1, 0.15) is 0 Å². The average Bonchev–Trinajstić information content (AvgIpc) is 2.75. The predicted molar refractivity (Wildman–Crippen MR) is 130 cm³/mol. The standard InChI is InChI=1S/C22H20Cl2N4O3S/c1-3-10-28-21(31)15-9-8-14(23)11-18(15)26-22(28)32-13-20(30)27(2)12-19(29)25-17-7-5-4-6-16(17)24/h3-9,11H,1,10,12-13H2,2H3,(H,25,29). The van der Waals surface area contributed by atoms with Crippen LogP contribution in [0.4, 0.5) is 5.69 Å². The highest BCUT2D eigenvalue weighted by Gasteiger charge is 2.17. The van der Waals surface area contributed by atoms with Gasteiger partial charge in [0, 0.05) is 18.6 Å². The molecule has 2 aromatic carbocycles. The van der Waals surface area contributed by atoms with E-state index in [1.165, 1.54) is 16.5 Å². The van der Waals surface area contributed by atoms with Crippen molar-refractivity contribution in [2.75, 3.05) is 24.7 Å². The molecule has 0 saturated carbocycles. The molecule has 2 amide bonds. The van der Waals surface area contributed by atoms with Crippen molar-refractivity contribution in [1.82, 2.24) is 14.5 Å². The minimum absolute atomic E-state index is 0.00840. The van der Waals surface area contributed by atoms with Gasteiger partial charge in [-0.15, -0.1) is 6.58 Å². The molecule has 0 aliphatic rings. The molecule has 1 heterocycles. The van der Waals surface area contributed by atoms with Gasteiger partial charge in [-0.1, -0.05) is 53.2 Å². The number of fused-ring (bicyclic) bond motifs is 1. The van der Waals surface area contributed by atoms with Crippen LogP contribution in [-0.4, -0.2) is 45.6 Å². The lowest BCUT2D eigenvalue weighted by Gasteiger charge is -2.17. The van der Waals surface area contributed by atoms with E-state index in [9.17, 15) is 14.4 Å². The first kappa shape index (κ1) is 23.8. The Kier molecular flexibility index (Phi) is 7.95. The number of carbonyl (C=O) groups is 2. The Balaban J connectivity index is 1.70. The number of hydrogen-bond acceptors (Lipinski definition) is 5. The molecule has 0 aliphatic carbocycles. The van der Waals surface area contributed by atoms with Crippen molar-refractivity contribution >= 4 is 63.4 Å². The molecule has 0 fully saturated rings. The minimum Gasteiger partial charge on any atom is -0.336 e. The van der Waals surface area contributed by atoms with Crippen molar-refractivity contribution in [3.63, 3.8) is 0 Å². The van der Waals surface area contributed by atoms with Gasteiger partial charge >= 0.3 is 0 Å². The second kappa shape index (κ2) is 10.7. The number of anilines is 1. The monoisotopic (exact) mass is 490 g/mol. The molecule has 1 N–H and O–H groups in total. The number of allylic oxidation sites excluding steroid dienone is 1. The fourth-order valence-corrected chi connectivity index (χ4v) is 4.16. The number of hydrogen-bond donors (Lipinski definition) is 1. The zero-order valence-corrected chi connectivity index (χ0v) is 19.5. The van der Waals surface area contributed by atoms with Crippen LogP contribution in [0.15, 0.2) is 65.1 Å². The molecule has 0 spiro atoms. The quantitative estimate of drug-likeness (QED) is 0.292. The number of nitrogens with zero attached hydrogens (tertiary/aromatic N) is 3. The van der Waals surface area contributed by atoms with Gasteiger partial charge in [0.05, 0.1) is 33.9 Å². The van der Waals surface area contributed by atoms with Crippen LogP contribution in [0.3, 0.4) is 0 Å². The molecule has 3 aromatic rings. The molecule has 7 nitrogen and oxygen atoms in total. The van der Waals surface area contributed by atoms with Gasteiger partial charge in [-0.3, -0.25) is 19.0 Å². The third-order valence-corrected chi connectivity index (χ3v) is 6.00. The molecule has 10 heteroatoms. The highest BCUT2D eigenvalue weighted by atomic mass is 35.5. The van der Waals surface area contributed by atoms with Gasteiger partial charge in [-0.25, -0.2) is 4.98 Å². The Morgan fingerprint density at radius 3 is 2.72 bits per heavy atom. The number of amides is 2. The number of likely N-dealkylation sites (N-methyl/N-ethyl adjacent to an activating group) is 1. The number of rotatable bonds is 8. The van der Waals surface area contributed by atoms with Crippen molar-refractivity contribution in [1.29, 1.82) is 0 Å². The summed E-state index contributed by atoms with van der Waals surface area (Å²) < 4.78 is 1.45. The van der Waals surface area contributed by atoms with E-state index in [0.29, 0.717) is 31.8 Å². The van der Waals surface area contributed by atoms with Gasteiger partial charge in [-0.05, 0) is 30.3 Å². The van der Waals surface area contributed by atoms with E-state index >= 15 is 0 Å². The molecular weight excluding hydrogens is 471 g/mol. The molecule has 0 saturated heterocycles. The smallest absolute Gasteiger partial charge is 0.262 e. The van der Waals surface area contributed by atoms with Crippen LogP contribution in [0, 0.1) is 0 Å². The lowest BCUT2D eigenvalue weighted by molar-refractivity contribution is -0.131. The van der Waals surface area contributed by atoms with E-state index in [2.05, 4.69) is 16.9 Å². The van der Waals surface area contributed by atoms with Gasteiger partial charge in [-0.2, -0.15) is 0 Å². The molecule has 0 atom stereocenters. The first-order valence-corrected chi connectivity index (χ1v) is 11.3. The van der Waals surface area contributed by atoms with Gasteiger partial charge in [0.25, 0.3) is 5.56 Å². The maximum absolute atomic E-state index is 12.8. The Morgan fingerprint density at radius 2 is 2.00 bits per heavy atom. The molecule has 0 aliphatic heterocycles. The van der Waals surface area contributed by atoms with E-state index < -0.39 is 0 Å². The Morgan fingerprint density at radius 1 is 1.25 bits per heavy atom. The topological polar surface area (TPSA) is 84.3 Å². The molecular formula is C22H20Cl2N4O3S. The molecule has 166 valence electrons. The van der Waals surface area contributed by atoms with E-state index in [0.717, 1.165) is 11.8 Å². The first-order chi connectivity index (χ1) is 15.3. The lowest BCUT2D eigenvalue weighted by Crippen LogP contribution is -2.36. The number of carbonyl (C=O) groups excluding carboxylic acids is 2. The second-order valence-corrected chi connectivity index (χ2v) is 8.61. The van der Waals surface area contributed by atoms with E-state index in [1.807, 2.05) is 0 Å². The Labute approximate surface area is 199 Å². The highest BCUT2D eigenvalue weighted by Crippen LogP contribution is 2.22. The third kappa shape index (κ3) is 5.70. The zero-order chi connectivity index (χ0) is 23.3. The van der Waals surface area contributed by atoms with Gasteiger partial charge in [0.2, 0.25) is 11.8 Å². The largest absolute Gasteiger partial charge is 0.336 e. The molecule has 0 unspecified atom stereocenters. The number of thioether (sulfide) groups is 1. The first-order valence-electron chi connectivity index (χ1n) is 9.52. The molecule has 0 radical (unpaired) electrons. The molecule has 0 bridgehead atoms. The number of halogens is 2. The fraction of sp³-hybridized carbons (Fsp3) is 0.182. The maximum Gasteiger partial charge on any atom is 0.262 e. The van der Waals surface area contributed by atoms with Crippen molar-refractivity contribution in [2.24, 2.45) is 0 Å². The Bertz CT molecular complexity index is 1250. The van der Waals surface area contributed by atoms with Crippen LogP contribution < -0.4 is 10.9 Å². The number of benzene rings is 2. The van der Waals surface area contributed by atoms with Crippen LogP contribution in [0.2, 0.25) is 10.0 Å². The van der Waals surface area contributed by atoms with Crippen LogP contribution in [0.25, 0.3) is 10.9 Å². The summed E-state index contributed by atoms with van der Waals surface area (Å²) in [6, 6.07) is 11.7.